The maximum atomic E-state index is 10.9. The van der Waals surface area contributed by atoms with E-state index in [1.54, 1.807) is 18.3 Å². The number of nitrogens with zero attached hydrogens (tertiary/aromatic N) is 3. The van der Waals surface area contributed by atoms with Gasteiger partial charge in [0.15, 0.2) is 0 Å². The van der Waals surface area contributed by atoms with Crippen LogP contribution < -0.4 is 0 Å². The van der Waals surface area contributed by atoms with Crippen molar-refractivity contribution in [3.63, 3.8) is 0 Å². The number of carbonyl (C=O) groups is 1. The lowest BCUT2D eigenvalue weighted by molar-refractivity contribution is 0.0697. The van der Waals surface area contributed by atoms with Crippen LogP contribution in [0.3, 0.4) is 0 Å². The highest BCUT2D eigenvalue weighted by Crippen LogP contribution is 2.27. The Bertz CT molecular complexity index is 612. The molecular formula is C14H17N3O2. The van der Waals surface area contributed by atoms with Crippen molar-refractivity contribution < 1.29 is 9.90 Å². The van der Waals surface area contributed by atoms with E-state index < -0.39 is 5.97 Å². The third-order valence-corrected chi connectivity index (χ3v) is 3.86. The van der Waals surface area contributed by atoms with E-state index in [4.69, 9.17) is 5.11 Å². The number of piperidine rings is 1. The highest BCUT2D eigenvalue weighted by Gasteiger charge is 2.20. The van der Waals surface area contributed by atoms with E-state index in [1.165, 1.54) is 0 Å². The first-order valence-electron chi connectivity index (χ1n) is 6.54. The summed E-state index contributed by atoms with van der Waals surface area (Å²) in [5.41, 5.74) is 2.08. The number of fused-ring (bicyclic) bond motifs is 1. The second kappa shape index (κ2) is 4.66. The third kappa shape index (κ3) is 2.33. The number of hydrogen-bond donors (Lipinski definition) is 1. The number of pyridine rings is 1. The van der Waals surface area contributed by atoms with Gasteiger partial charge in [0.05, 0.1) is 11.3 Å². The molecule has 0 aromatic carbocycles. The molecule has 2 aromatic rings. The molecule has 1 aliphatic rings. The standard InChI is InChI=1S/C14H17N3O2/c1-16-5-2-10(3-6-16)12-9-17-7-4-11(14(18)19)8-13(17)15-12/h4,7-10H,2-3,5-6H2,1H3,(H,18,19). The van der Waals surface area contributed by atoms with Crippen LogP contribution in [0.25, 0.3) is 5.65 Å². The van der Waals surface area contributed by atoms with E-state index in [-0.39, 0.29) is 5.56 Å². The van der Waals surface area contributed by atoms with Crippen molar-refractivity contribution in [1.29, 1.82) is 0 Å². The maximum Gasteiger partial charge on any atom is 0.335 e. The van der Waals surface area contributed by atoms with Crippen molar-refractivity contribution in [1.82, 2.24) is 14.3 Å². The summed E-state index contributed by atoms with van der Waals surface area (Å²) in [4.78, 5) is 17.9. The lowest BCUT2D eigenvalue weighted by atomic mass is 9.94. The molecule has 1 fully saturated rings. The first kappa shape index (κ1) is 12.2. The van der Waals surface area contributed by atoms with Crippen molar-refractivity contribution in [2.24, 2.45) is 0 Å². The molecule has 19 heavy (non-hydrogen) atoms. The molecule has 1 aliphatic heterocycles. The fourth-order valence-corrected chi connectivity index (χ4v) is 2.64. The smallest absolute Gasteiger partial charge is 0.335 e. The molecule has 0 spiro atoms. The minimum Gasteiger partial charge on any atom is -0.478 e. The molecule has 5 heteroatoms. The molecular weight excluding hydrogens is 242 g/mol. The molecule has 2 aromatic heterocycles. The van der Waals surface area contributed by atoms with Gasteiger partial charge in [0.2, 0.25) is 0 Å². The first-order valence-corrected chi connectivity index (χ1v) is 6.54. The van der Waals surface area contributed by atoms with Gasteiger partial charge in [-0.2, -0.15) is 0 Å². The van der Waals surface area contributed by atoms with Crippen LogP contribution in [0.15, 0.2) is 24.5 Å². The summed E-state index contributed by atoms with van der Waals surface area (Å²) >= 11 is 0. The number of likely N-dealkylation sites (tertiary alicyclic amines) is 1. The van der Waals surface area contributed by atoms with E-state index >= 15 is 0 Å². The van der Waals surface area contributed by atoms with Crippen LogP contribution in [0.1, 0.15) is 34.8 Å². The Kier molecular flexibility index (Phi) is 2.98. The molecule has 100 valence electrons. The molecule has 0 bridgehead atoms. The number of carboxylic acids is 1. The number of aromatic nitrogens is 2. The predicted octanol–water partition coefficient (Wildman–Crippen LogP) is 1.84. The molecule has 0 aliphatic carbocycles. The van der Waals surface area contributed by atoms with Crippen molar-refractivity contribution in [3.8, 4) is 0 Å². The van der Waals surface area contributed by atoms with E-state index in [1.807, 2.05) is 10.6 Å². The van der Waals surface area contributed by atoms with Crippen molar-refractivity contribution in [2.45, 2.75) is 18.8 Å². The van der Waals surface area contributed by atoms with Gasteiger partial charge in [-0.3, -0.25) is 0 Å². The molecule has 0 atom stereocenters. The van der Waals surface area contributed by atoms with Crippen molar-refractivity contribution >= 4 is 11.6 Å². The van der Waals surface area contributed by atoms with Gasteiger partial charge in [0, 0.05) is 18.3 Å². The molecule has 0 unspecified atom stereocenters. The fourth-order valence-electron chi connectivity index (χ4n) is 2.64. The highest BCUT2D eigenvalue weighted by atomic mass is 16.4. The summed E-state index contributed by atoms with van der Waals surface area (Å²) in [5.74, 6) is -0.421. The maximum absolute atomic E-state index is 10.9. The van der Waals surface area contributed by atoms with E-state index in [9.17, 15) is 4.79 Å². The summed E-state index contributed by atoms with van der Waals surface area (Å²) in [6.45, 7) is 2.19. The largest absolute Gasteiger partial charge is 0.478 e. The first-order chi connectivity index (χ1) is 9.13. The number of carboxylic acid groups (broad SMARTS) is 1. The SMILES string of the molecule is CN1CCC(c2cn3ccc(C(=O)O)cc3n2)CC1. The van der Waals surface area contributed by atoms with Crippen LogP contribution in [0.2, 0.25) is 0 Å². The minimum absolute atomic E-state index is 0.285. The van der Waals surface area contributed by atoms with Crippen LogP contribution in [0.4, 0.5) is 0 Å². The molecule has 0 saturated carbocycles. The van der Waals surface area contributed by atoms with Gasteiger partial charge in [-0.25, -0.2) is 9.78 Å². The summed E-state index contributed by atoms with van der Waals surface area (Å²) in [5, 5.41) is 8.99. The fraction of sp³-hybridized carbons (Fsp3) is 0.429. The van der Waals surface area contributed by atoms with E-state index in [0.29, 0.717) is 11.6 Å². The minimum atomic E-state index is -0.911. The summed E-state index contributed by atoms with van der Waals surface area (Å²) in [6, 6.07) is 3.23. The zero-order valence-corrected chi connectivity index (χ0v) is 10.9. The number of hydrogen-bond acceptors (Lipinski definition) is 3. The molecule has 0 amide bonds. The average molecular weight is 259 g/mol. The van der Waals surface area contributed by atoms with Crippen LogP contribution in [0.5, 0.6) is 0 Å². The second-order valence-electron chi connectivity index (χ2n) is 5.23. The topological polar surface area (TPSA) is 57.8 Å². The molecule has 1 N–H and O–H groups in total. The quantitative estimate of drug-likeness (QED) is 0.894. The summed E-state index contributed by atoms with van der Waals surface area (Å²) in [7, 11) is 2.14. The van der Waals surface area contributed by atoms with Gasteiger partial charge in [0.1, 0.15) is 5.65 Å². The third-order valence-electron chi connectivity index (χ3n) is 3.86. The Morgan fingerprint density at radius 3 is 2.84 bits per heavy atom. The molecule has 0 radical (unpaired) electrons. The Labute approximate surface area is 111 Å². The van der Waals surface area contributed by atoms with Gasteiger partial charge < -0.3 is 14.4 Å². The van der Waals surface area contributed by atoms with E-state index in [2.05, 4.69) is 16.9 Å². The molecule has 1 saturated heterocycles. The van der Waals surface area contributed by atoms with Gasteiger partial charge in [0.25, 0.3) is 0 Å². The monoisotopic (exact) mass is 259 g/mol. The molecule has 5 nitrogen and oxygen atoms in total. The van der Waals surface area contributed by atoms with Crippen LogP contribution in [-0.2, 0) is 0 Å². The van der Waals surface area contributed by atoms with Gasteiger partial charge in [-0.15, -0.1) is 0 Å². The molecule has 3 rings (SSSR count). The van der Waals surface area contributed by atoms with Crippen LogP contribution >= 0.6 is 0 Å². The average Bonchev–Trinajstić information content (AvgIpc) is 2.82. The van der Waals surface area contributed by atoms with Crippen molar-refractivity contribution in [3.05, 3.63) is 35.8 Å². The number of rotatable bonds is 2. The normalized spacial score (nSPS) is 17.9. The Hall–Kier alpha value is -1.88. The summed E-state index contributed by atoms with van der Waals surface area (Å²) < 4.78 is 1.90. The zero-order valence-electron chi connectivity index (χ0n) is 10.9. The number of imidazole rings is 1. The highest BCUT2D eigenvalue weighted by molar-refractivity contribution is 5.88. The molecule has 3 heterocycles. The van der Waals surface area contributed by atoms with Gasteiger partial charge in [-0.1, -0.05) is 0 Å². The van der Waals surface area contributed by atoms with Gasteiger partial charge >= 0.3 is 5.97 Å². The zero-order chi connectivity index (χ0) is 13.4. The predicted molar refractivity (Wildman–Crippen MR) is 71.6 cm³/mol. The van der Waals surface area contributed by atoms with Crippen LogP contribution in [-0.4, -0.2) is 45.5 Å². The van der Waals surface area contributed by atoms with E-state index in [0.717, 1.165) is 31.6 Å². The Balaban J connectivity index is 1.91. The van der Waals surface area contributed by atoms with Crippen molar-refractivity contribution in [2.75, 3.05) is 20.1 Å². The Morgan fingerprint density at radius 1 is 1.42 bits per heavy atom. The number of aromatic carboxylic acids is 1. The Morgan fingerprint density at radius 2 is 2.16 bits per heavy atom. The van der Waals surface area contributed by atoms with Gasteiger partial charge in [-0.05, 0) is 45.1 Å². The second-order valence-corrected chi connectivity index (χ2v) is 5.23. The lowest BCUT2D eigenvalue weighted by Crippen LogP contribution is -2.29. The van der Waals surface area contributed by atoms with Crippen LogP contribution in [0, 0.1) is 0 Å². The lowest BCUT2D eigenvalue weighted by Gasteiger charge is -2.27. The summed E-state index contributed by atoms with van der Waals surface area (Å²) in [6.07, 6.45) is 6.03.